The molecule has 168 valence electrons. The summed E-state index contributed by atoms with van der Waals surface area (Å²) in [6, 6.07) is 15.2. The fourth-order valence-corrected chi connectivity index (χ4v) is 4.93. The molecule has 2 aliphatic heterocycles. The van der Waals surface area contributed by atoms with E-state index in [0.717, 1.165) is 63.1 Å². The van der Waals surface area contributed by atoms with Gasteiger partial charge < -0.3 is 19.1 Å². The first-order valence-electron chi connectivity index (χ1n) is 11.3. The quantitative estimate of drug-likeness (QED) is 0.676. The first-order chi connectivity index (χ1) is 15.2. The molecule has 2 aromatic carbocycles. The maximum absolute atomic E-state index is 5.56. The zero-order chi connectivity index (χ0) is 21.6. The molecule has 0 spiro atoms. The third-order valence-corrected chi connectivity index (χ3v) is 6.59. The van der Waals surface area contributed by atoms with Crippen LogP contribution in [0.1, 0.15) is 18.4 Å². The Balaban J connectivity index is 1.33. The van der Waals surface area contributed by atoms with Crippen LogP contribution in [0.5, 0.6) is 17.2 Å². The molecule has 2 saturated heterocycles. The number of ether oxygens (including phenoxy) is 3. The van der Waals surface area contributed by atoms with Crippen LogP contribution < -0.4 is 19.1 Å². The molecule has 0 unspecified atom stereocenters. The number of piperidine rings is 1. The van der Waals surface area contributed by atoms with Gasteiger partial charge in [0.2, 0.25) is 0 Å². The van der Waals surface area contributed by atoms with Crippen molar-refractivity contribution in [3.8, 4) is 17.2 Å². The van der Waals surface area contributed by atoms with Crippen molar-refractivity contribution in [2.45, 2.75) is 25.4 Å². The molecule has 0 bridgehead atoms. The van der Waals surface area contributed by atoms with Gasteiger partial charge in [-0.2, -0.15) is 0 Å². The van der Waals surface area contributed by atoms with Crippen molar-refractivity contribution in [2.75, 3.05) is 65.5 Å². The molecule has 31 heavy (non-hydrogen) atoms. The summed E-state index contributed by atoms with van der Waals surface area (Å²) in [7, 11) is 5.13. The average Bonchev–Trinajstić information content (AvgIpc) is 2.84. The molecule has 0 amide bonds. The van der Waals surface area contributed by atoms with E-state index in [1.54, 1.807) is 21.3 Å². The van der Waals surface area contributed by atoms with E-state index < -0.39 is 0 Å². The number of methoxy groups -OCH3 is 3. The third-order valence-electron chi connectivity index (χ3n) is 6.59. The molecular weight excluding hydrogens is 390 g/mol. The summed E-state index contributed by atoms with van der Waals surface area (Å²) in [6.07, 6.45) is 2.54. The number of benzene rings is 2. The maximum Gasteiger partial charge on any atom is 0.161 e. The lowest BCUT2D eigenvalue weighted by Gasteiger charge is -2.44. The lowest BCUT2D eigenvalue weighted by molar-refractivity contribution is 0.0886. The van der Waals surface area contributed by atoms with Gasteiger partial charge in [0.25, 0.3) is 0 Å². The molecule has 1 atom stereocenters. The minimum atomic E-state index is 0.633. The molecule has 0 saturated carbocycles. The zero-order valence-electron chi connectivity index (χ0n) is 19.0. The molecule has 2 aliphatic rings. The fraction of sp³-hybridized carbons (Fsp3) is 0.520. The molecule has 0 aromatic heterocycles. The predicted octanol–water partition coefficient (Wildman–Crippen LogP) is 3.50. The minimum absolute atomic E-state index is 0.633. The molecule has 2 fully saturated rings. The molecule has 6 heteroatoms. The predicted molar refractivity (Wildman–Crippen MR) is 125 cm³/mol. The van der Waals surface area contributed by atoms with E-state index in [4.69, 9.17) is 14.2 Å². The van der Waals surface area contributed by atoms with E-state index in [2.05, 4.69) is 45.0 Å². The lowest BCUT2D eigenvalue weighted by Crippen LogP contribution is -2.55. The zero-order valence-corrected chi connectivity index (χ0v) is 19.0. The minimum Gasteiger partial charge on any atom is -0.495 e. The van der Waals surface area contributed by atoms with Gasteiger partial charge in [-0.15, -0.1) is 0 Å². The van der Waals surface area contributed by atoms with Gasteiger partial charge in [-0.05, 0) is 49.2 Å². The number of anilines is 1. The van der Waals surface area contributed by atoms with Crippen LogP contribution in [0.2, 0.25) is 0 Å². The Morgan fingerprint density at radius 3 is 2.29 bits per heavy atom. The third kappa shape index (κ3) is 5.08. The van der Waals surface area contributed by atoms with Crippen LogP contribution in [0, 0.1) is 0 Å². The Kier molecular flexibility index (Phi) is 7.20. The summed E-state index contributed by atoms with van der Waals surface area (Å²) < 4.78 is 16.4. The number of likely N-dealkylation sites (tertiary alicyclic amines) is 1. The van der Waals surface area contributed by atoms with Crippen LogP contribution in [-0.2, 0) is 6.54 Å². The van der Waals surface area contributed by atoms with Crippen molar-refractivity contribution in [1.82, 2.24) is 9.80 Å². The number of para-hydroxylation sites is 2. The number of hydrogen-bond donors (Lipinski definition) is 0. The van der Waals surface area contributed by atoms with E-state index in [-0.39, 0.29) is 0 Å². The van der Waals surface area contributed by atoms with Crippen molar-refractivity contribution in [2.24, 2.45) is 0 Å². The van der Waals surface area contributed by atoms with Gasteiger partial charge >= 0.3 is 0 Å². The van der Waals surface area contributed by atoms with Crippen molar-refractivity contribution >= 4 is 5.69 Å². The largest absolute Gasteiger partial charge is 0.495 e. The molecular formula is C25H35N3O3. The molecule has 2 heterocycles. The van der Waals surface area contributed by atoms with Gasteiger partial charge in [0.15, 0.2) is 11.5 Å². The highest BCUT2D eigenvalue weighted by molar-refractivity contribution is 5.58. The van der Waals surface area contributed by atoms with E-state index in [1.165, 1.54) is 24.1 Å². The molecule has 6 nitrogen and oxygen atoms in total. The summed E-state index contributed by atoms with van der Waals surface area (Å²) >= 11 is 0. The van der Waals surface area contributed by atoms with E-state index in [0.29, 0.717) is 6.04 Å². The summed E-state index contributed by atoms with van der Waals surface area (Å²) in [4.78, 5) is 7.73. The second kappa shape index (κ2) is 10.2. The summed E-state index contributed by atoms with van der Waals surface area (Å²) in [6.45, 7) is 7.55. The first kappa shape index (κ1) is 21.8. The van der Waals surface area contributed by atoms with Crippen LogP contribution in [0.3, 0.4) is 0 Å². The van der Waals surface area contributed by atoms with Crippen molar-refractivity contribution in [1.29, 1.82) is 0 Å². The Labute approximate surface area is 186 Å². The van der Waals surface area contributed by atoms with E-state index in [1.807, 2.05) is 12.1 Å². The number of hydrogen-bond acceptors (Lipinski definition) is 6. The normalized spacial score (nSPS) is 20.5. The van der Waals surface area contributed by atoms with Gasteiger partial charge in [0, 0.05) is 45.3 Å². The smallest absolute Gasteiger partial charge is 0.161 e. The van der Waals surface area contributed by atoms with Gasteiger partial charge in [-0.1, -0.05) is 18.2 Å². The Hall–Kier alpha value is -2.44. The van der Waals surface area contributed by atoms with E-state index >= 15 is 0 Å². The topological polar surface area (TPSA) is 37.4 Å². The van der Waals surface area contributed by atoms with Crippen molar-refractivity contribution < 1.29 is 14.2 Å². The monoisotopic (exact) mass is 425 g/mol. The summed E-state index contributed by atoms with van der Waals surface area (Å²) in [5, 5.41) is 0. The average molecular weight is 426 g/mol. The van der Waals surface area contributed by atoms with Crippen LogP contribution >= 0.6 is 0 Å². The maximum atomic E-state index is 5.56. The number of piperazine rings is 1. The summed E-state index contributed by atoms with van der Waals surface area (Å²) in [5.41, 5.74) is 2.49. The molecule has 4 rings (SSSR count). The van der Waals surface area contributed by atoms with Crippen LogP contribution in [-0.4, -0.2) is 76.4 Å². The highest BCUT2D eigenvalue weighted by Gasteiger charge is 2.28. The SMILES string of the molecule is COc1ccc(CN2CCC[C@H](N3CCN(c4ccccc4OC)CC3)C2)cc1OC. The Morgan fingerprint density at radius 1 is 0.806 bits per heavy atom. The Bertz CT molecular complexity index is 852. The fourth-order valence-electron chi connectivity index (χ4n) is 4.93. The van der Waals surface area contributed by atoms with Crippen LogP contribution in [0.4, 0.5) is 5.69 Å². The van der Waals surface area contributed by atoms with Gasteiger partial charge in [-0.3, -0.25) is 9.80 Å². The molecule has 0 radical (unpaired) electrons. The highest BCUT2D eigenvalue weighted by atomic mass is 16.5. The van der Waals surface area contributed by atoms with Crippen molar-refractivity contribution in [3.63, 3.8) is 0 Å². The lowest BCUT2D eigenvalue weighted by atomic mass is 10.0. The van der Waals surface area contributed by atoms with Gasteiger partial charge in [0.1, 0.15) is 5.75 Å². The first-order valence-corrected chi connectivity index (χ1v) is 11.3. The second-order valence-corrected chi connectivity index (χ2v) is 8.42. The van der Waals surface area contributed by atoms with Gasteiger partial charge in [-0.25, -0.2) is 0 Å². The number of rotatable bonds is 7. The number of nitrogens with zero attached hydrogens (tertiary/aromatic N) is 3. The van der Waals surface area contributed by atoms with Crippen LogP contribution in [0.25, 0.3) is 0 Å². The standard InChI is InChI=1S/C25H35N3O3/c1-29-23-9-5-4-8-22(23)28-15-13-27(14-16-28)21-7-6-12-26(19-21)18-20-10-11-24(30-2)25(17-20)31-3/h4-5,8-11,17,21H,6-7,12-16,18-19H2,1-3H3/t21-/m0/s1. The van der Waals surface area contributed by atoms with Gasteiger partial charge in [0.05, 0.1) is 27.0 Å². The molecule has 0 aliphatic carbocycles. The molecule has 2 aromatic rings. The second-order valence-electron chi connectivity index (χ2n) is 8.42. The van der Waals surface area contributed by atoms with E-state index in [9.17, 15) is 0 Å². The van der Waals surface area contributed by atoms with Crippen molar-refractivity contribution in [3.05, 3.63) is 48.0 Å². The highest BCUT2D eigenvalue weighted by Crippen LogP contribution is 2.30. The summed E-state index contributed by atoms with van der Waals surface area (Å²) in [5.74, 6) is 2.56. The Morgan fingerprint density at radius 2 is 1.55 bits per heavy atom. The van der Waals surface area contributed by atoms with Crippen LogP contribution in [0.15, 0.2) is 42.5 Å². The molecule has 0 N–H and O–H groups in total.